The van der Waals surface area contributed by atoms with Crippen molar-refractivity contribution in [1.29, 1.82) is 0 Å². The van der Waals surface area contributed by atoms with Gasteiger partial charge in [-0.1, -0.05) is 60.7 Å². The summed E-state index contributed by atoms with van der Waals surface area (Å²) < 4.78 is 5.57. The Kier molecular flexibility index (Phi) is 5.58. The molecule has 4 nitrogen and oxygen atoms in total. The molecule has 4 heteroatoms. The lowest BCUT2D eigenvalue weighted by molar-refractivity contribution is -0.142. The van der Waals surface area contributed by atoms with Crippen LogP contribution in [0, 0.1) is 5.92 Å². The number of ketones is 1. The van der Waals surface area contributed by atoms with E-state index in [-0.39, 0.29) is 17.6 Å². The average molecular weight is 377 g/mol. The van der Waals surface area contributed by atoms with Crippen LogP contribution in [-0.4, -0.2) is 42.9 Å². The Hall–Kier alpha value is -2.46. The fraction of sp³-hybridized carbons (Fsp3) is 0.417. The van der Waals surface area contributed by atoms with Crippen LogP contribution in [0.3, 0.4) is 0 Å². The average Bonchev–Trinajstić information content (AvgIpc) is 2.80. The lowest BCUT2D eigenvalue weighted by Crippen LogP contribution is -2.52. The Balaban J connectivity index is 1.47. The van der Waals surface area contributed by atoms with Crippen LogP contribution in [0.1, 0.15) is 41.6 Å². The Labute approximate surface area is 166 Å². The lowest BCUT2D eigenvalue weighted by atomic mass is 9.72. The van der Waals surface area contributed by atoms with Crippen molar-refractivity contribution in [1.82, 2.24) is 4.90 Å². The molecule has 2 fully saturated rings. The highest BCUT2D eigenvalue weighted by Crippen LogP contribution is 2.38. The minimum Gasteiger partial charge on any atom is -0.381 e. The van der Waals surface area contributed by atoms with Gasteiger partial charge in [-0.15, -0.1) is 0 Å². The van der Waals surface area contributed by atoms with Crippen LogP contribution in [0.5, 0.6) is 0 Å². The quantitative estimate of drug-likeness (QED) is 0.760. The number of ether oxygens (including phenoxy) is 1. The minimum absolute atomic E-state index is 0.00816. The smallest absolute Gasteiger partial charge is 0.233 e. The summed E-state index contributed by atoms with van der Waals surface area (Å²) >= 11 is 0. The predicted molar refractivity (Wildman–Crippen MR) is 108 cm³/mol. The number of hydrogen-bond donors (Lipinski definition) is 0. The van der Waals surface area contributed by atoms with Gasteiger partial charge in [-0.3, -0.25) is 9.59 Å². The number of benzene rings is 2. The zero-order valence-corrected chi connectivity index (χ0v) is 16.2. The van der Waals surface area contributed by atoms with E-state index in [4.69, 9.17) is 4.74 Å². The van der Waals surface area contributed by atoms with Crippen molar-refractivity contribution >= 4 is 11.7 Å². The number of rotatable bonds is 4. The maximum absolute atomic E-state index is 13.6. The molecule has 0 N–H and O–H groups in total. The van der Waals surface area contributed by atoms with Gasteiger partial charge in [-0.2, -0.15) is 0 Å². The molecule has 0 aliphatic carbocycles. The second-order valence-corrected chi connectivity index (χ2v) is 7.86. The van der Waals surface area contributed by atoms with Gasteiger partial charge in [-0.05, 0) is 31.2 Å². The topological polar surface area (TPSA) is 46.6 Å². The Bertz CT molecular complexity index is 804. The van der Waals surface area contributed by atoms with Crippen molar-refractivity contribution in [3.63, 3.8) is 0 Å². The second kappa shape index (κ2) is 8.27. The van der Waals surface area contributed by atoms with Crippen LogP contribution in [-0.2, 0) is 14.9 Å². The van der Waals surface area contributed by atoms with Gasteiger partial charge in [0.15, 0.2) is 5.78 Å². The first-order valence-corrected chi connectivity index (χ1v) is 10.2. The summed E-state index contributed by atoms with van der Waals surface area (Å²) in [6.07, 6.45) is 2.92. The third-order valence-corrected chi connectivity index (χ3v) is 6.29. The number of hydrogen-bond acceptors (Lipinski definition) is 3. The van der Waals surface area contributed by atoms with Gasteiger partial charge in [0.25, 0.3) is 0 Å². The van der Waals surface area contributed by atoms with E-state index in [0.717, 1.165) is 36.8 Å². The fourth-order valence-electron chi connectivity index (χ4n) is 4.59. The number of likely N-dealkylation sites (tertiary alicyclic amines) is 1. The second-order valence-electron chi connectivity index (χ2n) is 7.86. The number of Topliss-reactive ketones (excluding diaryl/α,β-unsaturated/α-hetero) is 1. The summed E-state index contributed by atoms with van der Waals surface area (Å²) in [5, 5.41) is 0. The van der Waals surface area contributed by atoms with Crippen LogP contribution >= 0.6 is 0 Å². The van der Waals surface area contributed by atoms with Crippen LogP contribution in [0.25, 0.3) is 0 Å². The summed E-state index contributed by atoms with van der Waals surface area (Å²) in [5.74, 6) is 0.415. The molecular weight excluding hydrogens is 350 g/mol. The number of carbonyl (C=O) groups excluding carboxylic acids is 2. The summed E-state index contributed by atoms with van der Waals surface area (Å²) in [7, 11) is 0. The first-order chi connectivity index (χ1) is 13.7. The Morgan fingerprint density at radius 1 is 0.857 bits per heavy atom. The highest BCUT2D eigenvalue weighted by molar-refractivity contribution is 5.98. The molecule has 4 rings (SSSR count). The molecule has 0 saturated carbocycles. The van der Waals surface area contributed by atoms with Crippen molar-refractivity contribution < 1.29 is 14.3 Å². The van der Waals surface area contributed by atoms with Gasteiger partial charge in [0.1, 0.15) is 0 Å². The molecule has 0 atom stereocenters. The van der Waals surface area contributed by atoms with Crippen molar-refractivity contribution in [2.75, 3.05) is 26.3 Å². The third-order valence-electron chi connectivity index (χ3n) is 6.29. The predicted octanol–water partition coefficient (Wildman–Crippen LogP) is 3.86. The molecule has 1 amide bonds. The van der Waals surface area contributed by atoms with E-state index in [2.05, 4.69) is 12.1 Å². The highest BCUT2D eigenvalue weighted by Gasteiger charge is 2.44. The van der Waals surface area contributed by atoms with Gasteiger partial charge in [0, 0.05) is 37.8 Å². The molecule has 146 valence electrons. The first-order valence-electron chi connectivity index (χ1n) is 10.2. The summed E-state index contributed by atoms with van der Waals surface area (Å²) in [4.78, 5) is 28.3. The number of piperidine rings is 1. The molecular formula is C24H27NO3. The number of amides is 1. The van der Waals surface area contributed by atoms with Crippen molar-refractivity contribution in [2.24, 2.45) is 5.92 Å². The Morgan fingerprint density at radius 3 is 2.04 bits per heavy atom. The molecule has 0 aromatic heterocycles. The van der Waals surface area contributed by atoms with E-state index in [1.165, 1.54) is 0 Å². The summed E-state index contributed by atoms with van der Waals surface area (Å²) in [5.41, 5.74) is 1.37. The molecule has 2 aliphatic rings. The summed E-state index contributed by atoms with van der Waals surface area (Å²) in [6, 6.07) is 19.6. The van der Waals surface area contributed by atoms with Gasteiger partial charge >= 0.3 is 0 Å². The molecule has 2 aliphatic heterocycles. The molecule has 2 saturated heterocycles. The highest BCUT2D eigenvalue weighted by atomic mass is 16.5. The monoisotopic (exact) mass is 377 g/mol. The first kappa shape index (κ1) is 18.9. The molecule has 28 heavy (non-hydrogen) atoms. The zero-order valence-electron chi connectivity index (χ0n) is 16.2. The van der Waals surface area contributed by atoms with E-state index in [9.17, 15) is 9.59 Å². The molecule has 2 heterocycles. The molecule has 2 aromatic carbocycles. The van der Waals surface area contributed by atoms with E-state index < -0.39 is 5.41 Å². The normalized spacial score (nSPS) is 19.9. The van der Waals surface area contributed by atoms with Crippen molar-refractivity contribution in [2.45, 2.75) is 31.1 Å². The van der Waals surface area contributed by atoms with E-state index in [0.29, 0.717) is 26.3 Å². The SMILES string of the molecule is O=C(c1ccccc1)C1CCN(C(=O)C2(c3ccccc3)CCOCC2)CC1. The van der Waals surface area contributed by atoms with Crippen molar-refractivity contribution in [3.8, 4) is 0 Å². The fourth-order valence-corrected chi connectivity index (χ4v) is 4.59. The third kappa shape index (κ3) is 3.61. The number of carbonyl (C=O) groups is 2. The standard InChI is InChI=1S/C24H27NO3/c26-22(19-7-3-1-4-8-19)20-11-15-25(16-12-20)23(27)24(13-17-28-18-14-24)21-9-5-2-6-10-21/h1-10,20H,11-18H2. The van der Waals surface area contributed by atoms with Gasteiger partial charge in [0.05, 0.1) is 5.41 Å². The molecule has 2 aromatic rings. The molecule has 0 bridgehead atoms. The van der Waals surface area contributed by atoms with E-state index in [1.807, 2.05) is 53.4 Å². The van der Waals surface area contributed by atoms with Crippen LogP contribution in [0.4, 0.5) is 0 Å². The molecule has 0 radical (unpaired) electrons. The maximum atomic E-state index is 13.6. The van der Waals surface area contributed by atoms with E-state index >= 15 is 0 Å². The van der Waals surface area contributed by atoms with Crippen LogP contribution < -0.4 is 0 Å². The van der Waals surface area contributed by atoms with Crippen LogP contribution in [0.2, 0.25) is 0 Å². The van der Waals surface area contributed by atoms with E-state index in [1.54, 1.807) is 0 Å². The van der Waals surface area contributed by atoms with Crippen molar-refractivity contribution in [3.05, 3.63) is 71.8 Å². The van der Waals surface area contributed by atoms with Gasteiger partial charge in [-0.25, -0.2) is 0 Å². The minimum atomic E-state index is -0.490. The maximum Gasteiger partial charge on any atom is 0.233 e. The molecule has 0 spiro atoms. The summed E-state index contributed by atoms with van der Waals surface area (Å²) in [6.45, 7) is 2.53. The van der Waals surface area contributed by atoms with Gasteiger partial charge < -0.3 is 9.64 Å². The largest absolute Gasteiger partial charge is 0.381 e. The lowest BCUT2D eigenvalue weighted by Gasteiger charge is -2.42. The Morgan fingerprint density at radius 2 is 1.43 bits per heavy atom. The van der Waals surface area contributed by atoms with Crippen LogP contribution in [0.15, 0.2) is 60.7 Å². The molecule has 0 unspecified atom stereocenters. The number of nitrogens with zero attached hydrogens (tertiary/aromatic N) is 1. The zero-order chi connectivity index (χ0) is 19.4. The van der Waals surface area contributed by atoms with Gasteiger partial charge in [0.2, 0.25) is 5.91 Å².